The number of anilines is 1. The second-order valence-corrected chi connectivity index (χ2v) is 4.23. The van der Waals surface area contributed by atoms with Crippen molar-refractivity contribution in [2.75, 3.05) is 24.5 Å². The maximum absolute atomic E-state index is 13.4. The van der Waals surface area contributed by atoms with E-state index >= 15 is 0 Å². The maximum atomic E-state index is 13.4. The van der Waals surface area contributed by atoms with Crippen LogP contribution in [0.4, 0.5) is 10.1 Å². The number of piperazine rings is 1. The normalized spacial score (nSPS) is 21.8. The molecule has 2 nitrogen and oxygen atoms in total. The van der Waals surface area contributed by atoms with E-state index in [4.69, 9.17) is 0 Å². The van der Waals surface area contributed by atoms with E-state index < -0.39 is 0 Å². The van der Waals surface area contributed by atoms with Gasteiger partial charge in [-0.25, -0.2) is 4.39 Å². The van der Waals surface area contributed by atoms with E-state index in [-0.39, 0.29) is 5.82 Å². The fourth-order valence-electron chi connectivity index (χ4n) is 1.95. The molecule has 1 N–H and O–H groups in total. The van der Waals surface area contributed by atoms with Crippen LogP contribution in [0, 0.1) is 12.7 Å². The topological polar surface area (TPSA) is 15.3 Å². The van der Waals surface area contributed by atoms with Crippen LogP contribution in [0.1, 0.15) is 12.5 Å². The van der Waals surface area contributed by atoms with Gasteiger partial charge in [0.1, 0.15) is 5.82 Å². The highest BCUT2D eigenvalue weighted by atomic mass is 19.1. The highest BCUT2D eigenvalue weighted by Crippen LogP contribution is 2.19. The van der Waals surface area contributed by atoms with E-state index in [0.717, 1.165) is 25.3 Å². The summed E-state index contributed by atoms with van der Waals surface area (Å²) in [5.41, 5.74) is 1.70. The van der Waals surface area contributed by atoms with E-state index in [2.05, 4.69) is 17.1 Å². The van der Waals surface area contributed by atoms with Gasteiger partial charge in [0.05, 0.1) is 0 Å². The number of nitrogens with one attached hydrogen (secondary N) is 1. The molecule has 1 fully saturated rings. The lowest BCUT2D eigenvalue weighted by Crippen LogP contribution is -2.49. The molecule has 1 aromatic carbocycles. The van der Waals surface area contributed by atoms with Gasteiger partial charge < -0.3 is 10.2 Å². The fourth-order valence-corrected chi connectivity index (χ4v) is 1.95. The summed E-state index contributed by atoms with van der Waals surface area (Å²) in [6.45, 7) is 6.81. The average Bonchev–Trinajstić information content (AvgIpc) is 2.22. The molecule has 2 rings (SSSR count). The molecule has 1 heterocycles. The maximum Gasteiger partial charge on any atom is 0.128 e. The van der Waals surface area contributed by atoms with Gasteiger partial charge in [0.2, 0.25) is 0 Å². The van der Waals surface area contributed by atoms with Crippen molar-refractivity contribution < 1.29 is 4.39 Å². The Labute approximate surface area is 90.1 Å². The standard InChI is InChI=1S/C12H17FN2/c1-9-3-4-11(7-12(9)13)15-6-5-14-10(2)8-15/h3-4,7,10,14H,5-6,8H2,1-2H3/t10-/m0/s1. The van der Waals surface area contributed by atoms with Crippen molar-refractivity contribution in [3.05, 3.63) is 29.6 Å². The molecular weight excluding hydrogens is 191 g/mol. The van der Waals surface area contributed by atoms with Crippen molar-refractivity contribution in [1.29, 1.82) is 0 Å². The minimum Gasteiger partial charge on any atom is -0.369 e. The van der Waals surface area contributed by atoms with Crippen molar-refractivity contribution >= 4 is 5.69 Å². The monoisotopic (exact) mass is 208 g/mol. The van der Waals surface area contributed by atoms with E-state index in [0.29, 0.717) is 11.6 Å². The first kappa shape index (κ1) is 10.4. The van der Waals surface area contributed by atoms with Crippen molar-refractivity contribution in [2.24, 2.45) is 0 Å². The molecule has 0 aliphatic carbocycles. The molecule has 0 spiro atoms. The van der Waals surface area contributed by atoms with Gasteiger partial charge in [0.15, 0.2) is 0 Å². The quantitative estimate of drug-likeness (QED) is 0.758. The Morgan fingerprint density at radius 1 is 1.47 bits per heavy atom. The molecule has 15 heavy (non-hydrogen) atoms. The van der Waals surface area contributed by atoms with Crippen molar-refractivity contribution in [2.45, 2.75) is 19.9 Å². The minimum absolute atomic E-state index is 0.112. The fraction of sp³-hybridized carbons (Fsp3) is 0.500. The summed E-state index contributed by atoms with van der Waals surface area (Å²) in [6, 6.07) is 5.95. The third-order valence-corrected chi connectivity index (χ3v) is 2.89. The van der Waals surface area contributed by atoms with Gasteiger partial charge in [-0.15, -0.1) is 0 Å². The molecule has 1 saturated heterocycles. The Morgan fingerprint density at radius 3 is 2.93 bits per heavy atom. The number of rotatable bonds is 1. The summed E-state index contributed by atoms with van der Waals surface area (Å²) in [5.74, 6) is -0.112. The largest absolute Gasteiger partial charge is 0.369 e. The Kier molecular flexibility index (Phi) is 2.91. The third-order valence-electron chi connectivity index (χ3n) is 2.89. The first-order valence-electron chi connectivity index (χ1n) is 5.41. The number of halogens is 1. The van der Waals surface area contributed by atoms with Gasteiger partial charge in [-0.05, 0) is 31.5 Å². The van der Waals surface area contributed by atoms with Crippen molar-refractivity contribution in [3.8, 4) is 0 Å². The second-order valence-electron chi connectivity index (χ2n) is 4.23. The summed E-state index contributed by atoms with van der Waals surface area (Å²) >= 11 is 0. The molecule has 0 saturated carbocycles. The average molecular weight is 208 g/mol. The van der Waals surface area contributed by atoms with Crippen LogP contribution in [0.5, 0.6) is 0 Å². The predicted molar refractivity (Wildman–Crippen MR) is 60.8 cm³/mol. The van der Waals surface area contributed by atoms with Gasteiger partial charge in [-0.2, -0.15) is 0 Å². The molecule has 0 unspecified atom stereocenters. The lowest BCUT2D eigenvalue weighted by Gasteiger charge is -2.33. The molecule has 1 aromatic rings. The first-order chi connectivity index (χ1) is 7.16. The third kappa shape index (κ3) is 2.29. The predicted octanol–water partition coefficient (Wildman–Crippen LogP) is 1.93. The van der Waals surface area contributed by atoms with E-state index in [1.54, 1.807) is 13.0 Å². The number of nitrogens with zero attached hydrogens (tertiary/aromatic N) is 1. The van der Waals surface area contributed by atoms with E-state index in [1.807, 2.05) is 12.1 Å². The lowest BCUT2D eigenvalue weighted by molar-refractivity contribution is 0.484. The molecule has 1 aliphatic heterocycles. The Morgan fingerprint density at radius 2 is 2.27 bits per heavy atom. The van der Waals surface area contributed by atoms with Crippen molar-refractivity contribution in [3.63, 3.8) is 0 Å². The molecule has 1 aliphatic rings. The van der Waals surface area contributed by atoms with Crippen LogP contribution in [0.2, 0.25) is 0 Å². The highest BCUT2D eigenvalue weighted by Gasteiger charge is 2.16. The zero-order valence-electron chi connectivity index (χ0n) is 9.26. The summed E-state index contributed by atoms with van der Waals surface area (Å²) in [4.78, 5) is 2.23. The van der Waals surface area contributed by atoms with Crippen LogP contribution in [0.15, 0.2) is 18.2 Å². The van der Waals surface area contributed by atoms with Gasteiger partial charge in [0, 0.05) is 31.4 Å². The summed E-state index contributed by atoms with van der Waals surface area (Å²) in [5, 5.41) is 3.37. The van der Waals surface area contributed by atoms with Gasteiger partial charge in [0.25, 0.3) is 0 Å². The SMILES string of the molecule is Cc1ccc(N2CCN[C@@H](C)C2)cc1F. The van der Waals surface area contributed by atoms with Crippen LogP contribution in [0.3, 0.4) is 0 Å². The molecule has 0 aromatic heterocycles. The molecule has 0 radical (unpaired) electrons. The second kappa shape index (κ2) is 4.19. The summed E-state index contributed by atoms with van der Waals surface area (Å²) in [6.07, 6.45) is 0. The van der Waals surface area contributed by atoms with Crippen LogP contribution >= 0.6 is 0 Å². The number of benzene rings is 1. The van der Waals surface area contributed by atoms with Crippen molar-refractivity contribution in [1.82, 2.24) is 5.32 Å². The van der Waals surface area contributed by atoms with Crippen LogP contribution in [0.25, 0.3) is 0 Å². The number of hydrogen-bond acceptors (Lipinski definition) is 2. The Balaban J connectivity index is 2.18. The zero-order chi connectivity index (χ0) is 10.8. The minimum atomic E-state index is -0.112. The zero-order valence-corrected chi connectivity index (χ0v) is 9.26. The summed E-state index contributed by atoms with van der Waals surface area (Å²) < 4.78 is 13.4. The van der Waals surface area contributed by atoms with Crippen LogP contribution in [-0.2, 0) is 0 Å². The van der Waals surface area contributed by atoms with E-state index in [1.165, 1.54) is 0 Å². The molecule has 0 amide bonds. The summed E-state index contributed by atoms with van der Waals surface area (Å²) in [7, 11) is 0. The molecular formula is C12H17FN2. The molecule has 3 heteroatoms. The van der Waals surface area contributed by atoms with E-state index in [9.17, 15) is 4.39 Å². The van der Waals surface area contributed by atoms with Crippen LogP contribution in [-0.4, -0.2) is 25.7 Å². The molecule has 0 bridgehead atoms. The smallest absolute Gasteiger partial charge is 0.128 e. The van der Waals surface area contributed by atoms with Gasteiger partial charge >= 0.3 is 0 Å². The number of aryl methyl sites for hydroxylation is 1. The highest BCUT2D eigenvalue weighted by molar-refractivity contribution is 5.48. The van der Waals surface area contributed by atoms with Gasteiger partial charge in [-0.1, -0.05) is 6.07 Å². The Hall–Kier alpha value is -1.09. The van der Waals surface area contributed by atoms with Crippen LogP contribution < -0.4 is 10.2 Å². The first-order valence-corrected chi connectivity index (χ1v) is 5.41. The lowest BCUT2D eigenvalue weighted by atomic mass is 10.1. The number of hydrogen-bond donors (Lipinski definition) is 1. The molecule has 82 valence electrons. The molecule has 1 atom stereocenters. The Bertz CT molecular complexity index is 351. The van der Waals surface area contributed by atoms with Gasteiger partial charge in [-0.3, -0.25) is 0 Å².